The van der Waals surface area contributed by atoms with E-state index >= 15 is 0 Å². The minimum Gasteiger partial charge on any atom is -0.333 e. The van der Waals surface area contributed by atoms with E-state index in [9.17, 15) is 14.0 Å². The summed E-state index contributed by atoms with van der Waals surface area (Å²) in [7, 11) is 0. The molecular formula is C16H20FN5O2S. The molecule has 134 valence electrons. The van der Waals surface area contributed by atoms with Crippen molar-refractivity contribution in [3.63, 3.8) is 0 Å². The van der Waals surface area contributed by atoms with Crippen LogP contribution in [-0.4, -0.2) is 37.9 Å². The molecule has 0 radical (unpaired) electrons. The van der Waals surface area contributed by atoms with E-state index in [0.29, 0.717) is 5.56 Å². The normalized spacial score (nSPS) is 12.5. The first-order valence-corrected chi connectivity index (χ1v) is 8.50. The maximum Gasteiger partial charge on any atom is 0.321 e. The molecule has 2 aromatic rings. The van der Waals surface area contributed by atoms with Gasteiger partial charge >= 0.3 is 6.03 Å². The number of imide groups is 1. The second-order valence-corrected chi connectivity index (χ2v) is 7.71. The van der Waals surface area contributed by atoms with Crippen molar-refractivity contribution in [2.24, 2.45) is 0 Å². The highest BCUT2D eigenvalue weighted by atomic mass is 32.2. The molecule has 0 aliphatic rings. The minimum absolute atomic E-state index is 0.277. The van der Waals surface area contributed by atoms with Crippen molar-refractivity contribution < 1.29 is 14.0 Å². The van der Waals surface area contributed by atoms with E-state index in [1.165, 1.54) is 6.07 Å². The van der Waals surface area contributed by atoms with Crippen molar-refractivity contribution in [2.45, 2.75) is 43.6 Å². The maximum atomic E-state index is 13.8. The van der Waals surface area contributed by atoms with Gasteiger partial charge in [-0.3, -0.25) is 15.2 Å². The molecule has 0 saturated heterocycles. The molecule has 25 heavy (non-hydrogen) atoms. The second-order valence-electron chi connectivity index (χ2n) is 6.40. The zero-order chi connectivity index (χ0) is 18.6. The van der Waals surface area contributed by atoms with Gasteiger partial charge in [0, 0.05) is 5.54 Å². The molecule has 1 aromatic heterocycles. The minimum atomic E-state index is -0.602. The molecule has 1 unspecified atom stereocenters. The van der Waals surface area contributed by atoms with Gasteiger partial charge in [-0.1, -0.05) is 23.9 Å². The molecule has 2 rings (SSSR count). The molecule has 3 N–H and O–H groups in total. The van der Waals surface area contributed by atoms with Gasteiger partial charge in [-0.05, 0) is 39.8 Å². The van der Waals surface area contributed by atoms with Gasteiger partial charge in [-0.25, -0.2) is 14.2 Å². The molecule has 1 atom stereocenters. The Bertz CT molecular complexity index is 772. The third kappa shape index (κ3) is 5.56. The van der Waals surface area contributed by atoms with E-state index in [2.05, 4.69) is 25.8 Å². The zero-order valence-corrected chi connectivity index (χ0v) is 15.2. The molecule has 0 bridgehead atoms. The summed E-state index contributed by atoms with van der Waals surface area (Å²) in [6.07, 6.45) is 0. The average Bonchev–Trinajstić information content (AvgIpc) is 2.93. The van der Waals surface area contributed by atoms with Crippen LogP contribution in [0.3, 0.4) is 0 Å². The first-order chi connectivity index (χ1) is 11.7. The number of benzene rings is 1. The lowest BCUT2D eigenvalue weighted by Crippen LogP contribution is -2.49. The Hall–Kier alpha value is -2.42. The first kappa shape index (κ1) is 18.9. The largest absolute Gasteiger partial charge is 0.333 e. The summed E-state index contributed by atoms with van der Waals surface area (Å²) in [6.45, 7) is 7.07. The van der Waals surface area contributed by atoms with Crippen LogP contribution in [0, 0.1) is 5.82 Å². The molecule has 1 aromatic carbocycles. The van der Waals surface area contributed by atoms with E-state index in [1.807, 2.05) is 20.8 Å². The fraction of sp³-hybridized carbons (Fsp3) is 0.375. The van der Waals surface area contributed by atoms with Crippen molar-refractivity contribution >= 4 is 23.7 Å². The highest BCUT2D eigenvalue weighted by Crippen LogP contribution is 2.24. The fourth-order valence-corrected chi connectivity index (χ4v) is 2.59. The van der Waals surface area contributed by atoms with Crippen molar-refractivity contribution in [1.82, 2.24) is 25.8 Å². The highest BCUT2D eigenvalue weighted by molar-refractivity contribution is 8.00. The summed E-state index contributed by atoms with van der Waals surface area (Å²) in [6, 6.07) is 5.62. The summed E-state index contributed by atoms with van der Waals surface area (Å²) < 4.78 is 13.8. The van der Waals surface area contributed by atoms with E-state index in [1.54, 1.807) is 25.1 Å². The average molecular weight is 365 g/mol. The van der Waals surface area contributed by atoms with Crippen LogP contribution in [0.25, 0.3) is 11.4 Å². The SMILES string of the molecule is CC(Sc1n[nH]c(-c2ccccc2F)n1)C(=O)NC(=O)NC(C)(C)C. The predicted octanol–water partition coefficient (Wildman–Crippen LogP) is 2.72. The monoisotopic (exact) mass is 365 g/mol. The molecule has 0 aliphatic heterocycles. The molecular weight excluding hydrogens is 345 g/mol. The topological polar surface area (TPSA) is 99.8 Å². The summed E-state index contributed by atoms with van der Waals surface area (Å²) >= 11 is 1.07. The second kappa shape index (κ2) is 7.64. The van der Waals surface area contributed by atoms with Gasteiger partial charge in [-0.2, -0.15) is 0 Å². The molecule has 0 saturated carbocycles. The van der Waals surface area contributed by atoms with Crippen molar-refractivity contribution in [3.05, 3.63) is 30.1 Å². The lowest BCUT2D eigenvalue weighted by atomic mass is 10.1. The number of urea groups is 1. The van der Waals surface area contributed by atoms with Crippen LogP contribution in [0.4, 0.5) is 9.18 Å². The first-order valence-electron chi connectivity index (χ1n) is 7.62. The molecule has 7 nitrogen and oxygen atoms in total. The number of carbonyl (C=O) groups is 2. The summed E-state index contributed by atoms with van der Waals surface area (Å²) in [4.78, 5) is 28.0. The number of halogens is 1. The maximum absolute atomic E-state index is 13.8. The number of hydrogen-bond acceptors (Lipinski definition) is 5. The lowest BCUT2D eigenvalue weighted by Gasteiger charge is -2.20. The Kier molecular flexibility index (Phi) is 5.78. The van der Waals surface area contributed by atoms with Gasteiger partial charge in [0.15, 0.2) is 5.82 Å². The number of rotatable bonds is 4. The molecule has 0 spiro atoms. The van der Waals surface area contributed by atoms with Gasteiger partial charge in [0.05, 0.1) is 10.8 Å². The van der Waals surface area contributed by atoms with E-state index in [-0.39, 0.29) is 11.0 Å². The van der Waals surface area contributed by atoms with Crippen molar-refractivity contribution in [3.8, 4) is 11.4 Å². The van der Waals surface area contributed by atoms with Crippen LogP contribution in [0.2, 0.25) is 0 Å². The fourth-order valence-electron chi connectivity index (χ4n) is 1.87. The van der Waals surface area contributed by atoms with Gasteiger partial charge in [0.25, 0.3) is 0 Å². The number of nitrogens with zero attached hydrogens (tertiary/aromatic N) is 2. The molecule has 1 heterocycles. The molecule has 3 amide bonds. The predicted molar refractivity (Wildman–Crippen MR) is 93.5 cm³/mol. The summed E-state index contributed by atoms with van der Waals surface area (Å²) in [5.74, 6) is -0.609. The number of carbonyl (C=O) groups excluding carboxylic acids is 2. The van der Waals surface area contributed by atoms with Gasteiger partial charge in [0.1, 0.15) is 5.82 Å². The Morgan fingerprint density at radius 1 is 1.28 bits per heavy atom. The van der Waals surface area contributed by atoms with Crippen LogP contribution in [0.5, 0.6) is 0 Å². The quantitative estimate of drug-likeness (QED) is 0.724. The molecule has 0 aliphatic carbocycles. The lowest BCUT2D eigenvalue weighted by molar-refractivity contribution is -0.119. The van der Waals surface area contributed by atoms with E-state index < -0.39 is 28.5 Å². The van der Waals surface area contributed by atoms with E-state index in [0.717, 1.165) is 11.8 Å². The third-order valence-electron chi connectivity index (χ3n) is 2.97. The number of hydrogen-bond donors (Lipinski definition) is 3. The summed E-state index contributed by atoms with van der Waals surface area (Å²) in [5, 5.41) is 11.2. The van der Waals surface area contributed by atoms with E-state index in [4.69, 9.17) is 0 Å². The van der Waals surface area contributed by atoms with Crippen LogP contribution < -0.4 is 10.6 Å². The molecule has 9 heteroatoms. The van der Waals surface area contributed by atoms with Gasteiger partial charge in [-0.15, -0.1) is 5.10 Å². The van der Waals surface area contributed by atoms with Crippen LogP contribution >= 0.6 is 11.8 Å². The Morgan fingerprint density at radius 2 is 1.96 bits per heavy atom. The number of nitrogens with one attached hydrogen (secondary N) is 3. The van der Waals surface area contributed by atoms with Crippen LogP contribution in [0.1, 0.15) is 27.7 Å². The smallest absolute Gasteiger partial charge is 0.321 e. The Balaban J connectivity index is 1.97. The van der Waals surface area contributed by atoms with Gasteiger partial charge < -0.3 is 5.32 Å². The number of thioether (sulfide) groups is 1. The highest BCUT2D eigenvalue weighted by Gasteiger charge is 2.21. The number of H-pyrrole nitrogens is 1. The van der Waals surface area contributed by atoms with Crippen molar-refractivity contribution in [1.29, 1.82) is 0 Å². The standard InChI is InChI=1S/C16H20FN5O2S/c1-9(13(23)19-14(24)20-16(2,3)4)25-15-18-12(21-22-15)10-7-5-6-8-11(10)17/h5-9H,1-4H3,(H,18,21,22)(H2,19,20,23,24). The van der Waals surface area contributed by atoms with Gasteiger partial charge in [0.2, 0.25) is 11.1 Å². The zero-order valence-electron chi connectivity index (χ0n) is 14.4. The van der Waals surface area contributed by atoms with Crippen LogP contribution in [-0.2, 0) is 4.79 Å². The van der Waals surface area contributed by atoms with Crippen LogP contribution in [0.15, 0.2) is 29.4 Å². The third-order valence-corrected chi connectivity index (χ3v) is 3.93. The number of aromatic amines is 1. The Labute approximate surface area is 149 Å². The number of aromatic nitrogens is 3. The Morgan fingerprint density at radius 3 is 2.60 bits per heavy atom. The number of amides is 3. The summed E-state index contributed by atoms with van der Waals surface area (Å²) in [5.41, 5.74) is -0.150. The van der Waals surface area contributed by atoms with Crippen molar-refractivity contribution in [2.75, 3.05) is 0 Å². The molecule has 0 fully saturated rings.